The summed E-state index contributed by atoms with van der Waals surface area (Å²) in [6, 6.07) is -0.918. The quantitative estimate of drug-likeness (QED) is 0.141. The van der Waals surface area contributed by atoms with E-state index in [9.17, 15) is 19.5 Å². The summed E-state index contributed by atoms with van der Waals surface area (Å²) in [6.45, 7) is 3.30. The average molecular weight is 562 g/mol. The van der Waals surface area contributed by atoms with Gasteiger partial charge in [0.1, 0.15) is 42.2 Å². The first-order valence-electron chi connectivity index (χ1n) is 11.5. The Morgan fingerprint density at radius 3 is 2.82 bits per heavy atom. The molecule has 4 rings (SSSR count). The van der Waals surface area contributed by atoms with Crippen molar-refractivity contribution >= 4 is 51.7 Å². The number of quaternary nitrogens is 1. The summed E-state index contributed by atoms with van der Waals surface area (Å²) < 4.78 is 0.612. The third-order valence-electron chi connectivity index (χ3n) is 6.08. The number of aliphatic carboxylic acids is 1. The number of thiazole rings is 1. The number of fused-ring (bicyclic) bond motifs is 1. The molecule has 4 heterocycles. The molecule has 202 valence electrons. The fourth-order valence-corrected chi connectivity index (χ4v) is 6.04. The number of anilines is 1. The van der Waals surface area contributed by atoms with E-state index in [2.05, 4.69) is 39.5 Å². The number of amides is 2. The number of H-pyrrole nitrogens is 1. The van der Waals surface area contributed by atoms with E-state index >= 15 is 0 Å². The maximum atomic E-state index is 13.0. The Hall–Kier alpha value is -3.69. The molecular weight excluding hydrogens is 532 g/mol. The second-order valence-electron chi connectivity index (χ2n) is 9.39. The van der Waals surface area contributed by atoms with E-state index in [1.165, 1.54) is 23.8 Å². The summed E-state index contributed by atoms with van der Waals surface area (Å²) in [4.78, 5) is 55.5. The number of aryl methyl sites for hydroxylation is 1. The lowest BCUT2D eigenvalue weighted by molar-refractivity contribution is -0.898. The summed E-state index contributed by atoms with van der Waals surface area (Å²) in [5.74, 6) is -2.02. The molecule has 1 saturated heterocycles. The molecule has 2 aliphatic heterocycles. The van der Waals surface area contributed by atoms with Crippen molar-refractivity contribution in [3.63, 3.8) is 0 Å². The van der Waals surface area contributed by atoms with Crippen LogP contribution in [0.5, 0.6) is 0 Å². The van der Waals surface area contributed by atoms with Crippen molar-refractivity contribution in [2.45, 2.75) is 24.9 Å². The Morgan fingerprint density at radius 2 is 2.21 bits per heavy atom. The van der Waals surface area contributed by atoms with E-state index in [-0.39, 0.29) is 22.2 Å². The van der Waals surface area contributed by atoms with Gasteiger partial charge in [0.15, 0.2) is 10.8 Å². The van der Waals surface area contributed by atoms with Crippen LogP contribution in [0.1, 0.15) is 17.1 Å². The number of aromatic nitrogens is 3. The maximum absolute atomic E-state index is 13.0. The van der Waals surface area contributed by atoms with Crippen molar-refractivity contribution in [1.82, 2.24) is 25.2 Å². The van der Waals surface area contributed by atoms with Crippen LogP contribution in [0.15, 0.2) is 40.3 Å². The van der Waals surface area contributed by atoms with E-state index in [1.807, 2.05) is 13.0 Å². The fraction of sp³-hybridized carbons (Fsp3) is 0.391. The molecule has 0 aliphatic carbocycles. The zero-order chi connectivity index (χ0) is 27.6. The number of nitrogens with two attached hydrogens (primary N) is 1. The first-order chi connectivity index (χ1) is 18.0. The van der Waals surface area contributed by atoms with Crippen LogP contribution in [0.2, 0.25) is 0 Å². The average Bonchev–Trinajstić information content (AvgIpc) is 3.47. The predicted octanol–water partition coefficient (Wildman–Crippen LogP) is 0.679. The van der Waals surface area contributed by atoms with Gasteiger partial charge in [-0.05, 0) is 18.6 Å². The third-order valence-corrected chi connectivity index (χ3v) is 8.06. The second kappa shape index (κ2) is 11.0. The highest BCUT2D eigenvalue weighted by atomic mass is 32.2. The van der Waals surface area contributed by atoms with Crippen LogP contribution >= 0.6 is 23.1 Å². The number of imidazole rings is 1. The second-order valence-corrected chi connectivity index (χ2v) is 11.4. The molecule has 15 heteroatoms. The van der Waals surface area contributed by atoms with Crippen LogP contribution in [0, 0.1) is 6.92 Å². The number of hydrogen-bond donors (Lipinski definition) is 4. The first kappa shape index (κ1) is 27.3. The Kier molecular flexibility index (Phi) is 7.89. The predicted molar refractivity (Wildman–Crippen MR) is 143 cm³/mol. The molecule has 0 saturated carbocycles. The van der Waals surface area contributed by atoms with Crippen molar-refractivity contribution in [3.05, 3.63) is 52.2 Å². The van der Waals surface area contributed by atoms with Crippen molar-refractivity contribution in [1.29, 1.82) is 0 Å². The molecule has 0 spiro atoms. The number of oxime groups is 1. The smallest absolute Gasteiger partial charge is 0.352 e. The first-order valence-corrected chi connectivity index (χ1v) is 13.5. The van der Waals surface area contributed by atoms with Gasteiger partial charge in [0.25, 0.3) is 11.8 Å². The Morgan fingerprint density at radius 1 is 1.45 bits per heavy atom. The standard InChI is InChI=1S/C23H28N8O5S2/c1-12-14(26-11-25-12)8-31(2,3)7-5-6-13-9-37-21-17(20(33)30(21)18(13)22(34)35)28-19(32)16(29-36-4)15-10-38-23(24)27-15/h5-6,10-11,17,21H,7-9H2,1-4H3,(H4-,24,25,26,27,28,32,34,35)/p+1/b6-5+,29-16-/t17-,21-/m1/s1. The van der Waals surface area contributed by atoms with Crippen molar-refractivity contribution in [2.75, 3.05) is 39.2 Å². The van der Waals surface area contributed by atoms with Gasteiger partial charge in [0.05, 0.1) is 27.0 Å². The molecule has 2 aromatic rings. The molecule has 0 unspecified atom stereocenters. The molecule has 38 heavy (non-hydrogen) atoms. The normalized spacial score (nSPS) is 19.9. The van der Waals surface area contributed by atoms with Gasteiger partial charge < -0.3 is 30.5 Å². The van der Waals surface area contributed by atoms with Crippen LogP contribution in [0.3, 0.4) is 0 Å². The minimum atomic E-state index is -1.20. The number of nitrogens with one attached hydrogen (secondary N) is 2. The maximum Gasteiger partial charge on any atom is 0.352 e. The van der Waals surface area contributed by atoms with Crippen LogP contribution in [-0.4, -0.2) is 97.9 Å². The van der Waals surface area contributed by atoms with Gasteiger partial charge in [-0.15, -0.1) is 23.1 Å². The van der Waals surface area contributed by atoms with E-state index < -0.39 is 29.2 Å². The monoisotopic (exact) mass is 561 g/mol. The number of likely N-dealkylation sites (N-methyl/N-ethyl adjacent to an activating group) is 1. The molecule has 13 nitrogen and oxygen atoms in total. The summed E-state index contributed by atoms with van der Waals surface area (Å²) in [5.41, 5.74) is 8.19. The zero-order valence-electron chi connectivity index (χ0n) is 21.3. The fourth-order valence-electron chi connectivity index (χ4n) is 4.17. The van der Waals surface area contributed by atoms with E-state index in [4.69, 9.17) is 10.6 Å². The number of carbonyl (C=O) groups excluding carboxylic acids is 2. The molecule has 2 amide bonds. The van der Waals surface area contributed by atoms with E-state index in [1.54, 1.807) is 17.8 Å². The number of hydrogen-bond acceptors (Lipinski definition) is 10. The Bertz CT molecular complexity index is 1340. The highest BCUT2D eigenvalue weighted by molar-refractivity contribution is 8.00. The number of allylic oxidation sites excluding steroid dienone is 1. The lowest BCUT2D eigenvalue weighted by Gasteiger charge is -2.49. The topological polar surface area (TPSA) is 176 Å². The minimum Gasteiger partial charge on any atom is -0.477 e. The molecular formula is C23H29N8O5S2+. The van der Waals surface area contributed by atoms with Gasteiger partial charge in [-0.2, -0.15) is 0 Å². The van der Waals surface area contributed by atoms with Gasteiger partial charge in [-0.25, -0.2) is 14.8 Å². The molecule has 0 bridgehead atoms. The summed E-state index contributed by atoms with van der Waals surface area (Å²) in [7, 11) is 5.40. The molecule has 2 atom stereocenters. The molecule has 2 aromatic heterocycles. The SMILES string of the molecule is CO/N=C(\C(=O)N[C@@H]1C(=O)N2C(C(=O)O)=C(/C=C/C[N+](C)(C)Cc3nc[nH]c3C)CS[C@H]12)c1csc(N)n1. The van der Waals surface area contributed by atoms with Crippen LogP contribution < -0.4 is 11.1 Å². The highest BCUT2D eigenvalue weighted by Crippen LogP contribution is 2.40. The van der Waals surface area contributed by atoms with Gasteiger partial charge in [0, 0.05) is 16.8 Å². The van der Waals surface area contributed by atoms with E-state index in [0.717, 1.165) is 22.7 Å². The largest absolute Gasteiger partial charge is 0.477 e. The molecule has 0 aromatic carbocycles. The van der Waals surface area contributed by atoms with Gasteiger partial charge in [0.2, 0.25) is 0 Å². The highest BCUT2D eigenvalue weighted by Gasteiger charge is 2.54. The van der Waals surface area contributed by atoms with Gasteiger partial charge >= 0.3 is 5.97 Å². The van der Waals surface area contributed by atoms with Crippen molar-refractivity contribution in [3.8, 4) is 0 Å². The Balaban J connectivity index is 1.46. The summed E-state index contributed by atoms with van der Waals surface area (Å²) in [5, 5.41) is 17.5. The zero-order valence-corrected chi connectivity index (χ0v) is 22.9. The number of carboxylic acid groups (broad SMARTS) is 1. The third kappa shape index (κ3) is 5.58. The number of thioether (sulfide) groups is 1. The number of carboxylic acids is 1. The lowest BCUT2D eigenvalue weighted by Crippen LogP contribution is -2.71. The van der Waals surface area contributed by atoms with Gasteiger partial charge in [-0.3, -0.25) is 14.5 Å². The minimum absolute atomic E-state index is 0.0768. The van der Waals surface area contributed by atoms with E-state index in [0.29, 0.717) is 28.9 Å². The summed E-state index contributed by atoms with van der Waals surface area (Å²) >= 11 is 2.51. The molecule has 0 radical (unpaired) electrons. The van der Waals surface area contributed by atoms with Crippen molar-refractivity contribution < 1.29 is 28.8 Å². The summed E-state index contributed by atoms with van der Waals surface area (Å²) in [6.07, 6.45) is 5.34. The number of nitrogen functional groups attached to an aromatic ring is 1. The van der Waals surface area contributed by atoms with Gasteiger partial charge in [-0.1, -0.05) is 11.2 Å². The lowest BCUT2D eigenvalue weighted by atomic mass is 10.0. The Labute approximate surface area is 227 Å². The van der Waals surface area contributed by atoms with Crippen LogP contribution in [0.4, 0.5) is 5.13 Å². The van der Waals surface area contributed by atoms with Crippen LogP contribution in [-0.2, 0) is 25.8 Å². The molecule has 5 N–H and O–H groups in total. The number of carbonyl (C=O) groups is 3. The van der Waals surface area contributed by atoms with Crippen LogP contribution in [0.25, 0.3) is 0 Å². The number of rotatable bonds is 10. The molecule has 2 aliphatic rings. The number of aromatic amines is 1. The van der Waals surface area contributed by atoms with Crippen molar-refractivity contribution in [2.24, 2.45) is 5.16 Å². The molecule has 1 fully saturated rings. The number of nitrogens with zero attached hydrogens (tertiary/aromatic N) is 5. The number of β-lactam (4-membered cyclic amide) rings is 1.